The molecule has 1 atom stereocenters. The van der Waals surface area contributed by atoms with E-state index >= 15 is 0 Å². The summed E-state index contributed by atoms with van der Waals surface area (Å²) >= 11 is 3.30. The van der Waals surface area contributed by atoms with E-state index in [-0.39, 0.29) is 6.54 Å². The molecule has 0 saturated heterocycles. The van der Waals surface area contributed by atoms with Crippen LogP contribution in [0.25, 0.3) is 0 Å². The lowest BCUT2D eigenvalue weighted by Gasteiger charge is -2.13. The zero-order chi connectivity index (χ0) is 15.2. The minimum absolute atomic E-state index is 0.151. The number of halogens is 1. The number of anilines is 1. The lowest BCUT2D eigenvalue weighted by molar-refractivity contribution is -0.153. The van der Waals surface area contributed by atoms with Gasteiger partial charge in [-0.05, 0) is 35.5 Å². The monoisotopic (exact) mass is 353 g/mol. The van der Waals surface area contributed by atoms with Crippen LogP contribution in [0.5, 0.6) is 0 Å². The van der Waals surface area contributed by atoms with E-state index in [2.05, 4.69) is 36.8 Å². The molecule has 21 heavy (non-hydrogen) atoms. The highest BCUT2D eigenvalue weighted by Crippen LogP contribution is 2.16. The molecule has 0 aliphatic heterocycles. The van der Waals surface area contributed by atoms with Gasteiger partial charge in [0.25, 0.3) is 5.91 Å². The van der Waals surface area contributed by atoms with Gasteiger partial charge >= 0.3 is 5.97 Å². The smallest absolute Gasteiger partial charge is 0.328 e. The fraction of sp³-hybridized carbons (Fsp3) is 0.250. The van der Waals surface area contributed by atoms with Crippen LogP contribution in [-0.2, 0) is 20.9 Å². The lowest BCUT2D eigenvalue weighted by Crippen LogP contribution is -2.31. The maximum Gasteiger partial charge on any atom is 0.328 e. The molecule has 0 unspecified atom stereocenters. The molecule has 1 heterocycles. The number of carbonyl (C=O) groups is 2. The van der Waals surface area contributed by atoms with Crippen molar-refractivity contribution in [1.82, 2.24) is 20.2 Å². The molecule has 0 bridgehead atoms. The van der Waals surface area contributed by atoms with Gasteiger partial charge in [-0.3, -0.25) is 9.59 Å². The Balaban J connectivity index is 1.86. The van der Waals surface area contributed by atoms with Crippen molar-refractivity contribution in [1.29, 1.82) is 0 Å². The van der Waals surface area contributed by atoms with E-state index in [0.29, 0.717) is 5.69 Å². The molecule has 0 radical (unpaired) electrons. The molecule has 2 aromatic rings. The summed E-state index contributed by atoms with van der Waals surface area (Å²) in [4.78, 5) is 23.5. The molecule has 1 aromatic heterocycles. The van der Waals surface area contributed by atoms with Gasteiger partial charge in [-0.25, -0.2) is 4.68 Å². The number of aromatic nitrogens is 4. The molecule has 1 aromatic carbocycles. The molecule has 1 amide bonds. The van der Waals surface area contributed by atoms with Gasteiger partial charge in [0.15, 0.2) is 6.10 Å². The molecule has 0 aliphatic rings. The second-order valence-corrected chi connectivity index (χ2v) is 5.05. The van der Waals surface area contributed by atoms with Crippen molar-refractivity contribution in [2.75, 3.05) is 5.32 Å². The number of ether oxygens (including phenoxy) is 1. The third-order valence-electron chi connectivity index (χ3n) is 2.45. The summed E-state index contributed by atoms with van der Waals surface area (Å²) in [6, 6.07) is 7.10. The molecule has 0 fully saturated rings. The zero-order valence-corrected chi connectivity index (χ0v) is 12.6. The van der Waals surface area contributed by atoms with E-state index in [0.717, 1.165) is 4.47 Å². The van der Waals surface area contributed by atoms with Crippen molar-refractivity contribution in [2.45, 2.75) is 19.6 Å². The average Bonchev–Trinajstić information content (AvgIpc) is 2.91. The second-order valence-electron chi connectivity index (χ2n) is 4.14. The van der Waals surface area contributed by atoms with Crippen LogP contribution < -0.4 is 5.32 Å². The minimum Gasteiger partial charge on any atom is -0.451 e. The topological polar surface area (TPSA) is 99.0 Å². The Morgan fingerprint density at radius 3 is 2.95 bits per heavy atom. The fourth-order valence-corrected chi connectivity index (χ4v) is 1.88. The first kappa shape index (κ1) is 15.1. The molecular weight excluding hydrogens is 342 g/mol. The normalized spacial score (nSPS) is 11.7. The van der Waals surface area contributed by atoms with Crippen LogP contribution in [0.2, 0.25) is 0 Å². The van der Waals surface area contributed by atoms with Crippen molar-refractivity contribution < 1.29 is 14.3 Å². The summed E-state index contributed by atoms with van der Waals surface area (Å²) in [7, 11) is 0. The summed E-state index contributed by atoms with van der Waals surface area (Å²) in [5.41, 5.74) is 0.609. The Morgan fingerprint density at radius 1 is 1.48 bits per heavy atom. The number of amides is 1. The van der Waals surface area contributed by atoms with E-state index in [1.807, 2.05) is 6.07 Å². The van der Waals surface area contributed by atoms with Gasteiger partial charge in [0.1, 0.15) is 12.9 Å². The van der Waals surface area contributed by atoms with Gasteiger partial charge in [0.05, 0.1) is 0 Å². The molecule has 2 rings (SSSR count). The van der Waals surface area contributed by atoms with E-state index in [9.17, 15) is 9.59 Å². The van der Waals surface area contributed by atoms with E-state index in [4.69, 9.17) is 4.74 Å². The van der Waals surface area contributed by atoms with Gasteiger partial charge in [-0.2, -0.15) is 0 Å². The van der Waals surface area contributed by atoms with Gasteiger partial charge in [0, 0.05) is 10.2 Å². The molecular formula is C12H12BrN5O3. The number of benzene rings is 1. The maximum absolute atomic E-state index is 11.9. The Bertz CT molecular complexity index is 632. The summed E-state index contributed by atoms with van der Waals surface area (Å²) in [5, 5.41) is 13.0. The predicted molar refractivity (Wildman–Crippen MR) is 76.1 cm³/mol. The van der Waals surface area contributed by atoms with Crippen LogP contribution in [0.4, 0.5) is 5.69 Å². The Labute approximate surface area is 128 Å². The zero-order valence-electron chi connectivity index (χ0n) is 11.1. The van der Waals surface area contributed by atoms with Gasteiger partial charge in [0.2, 0.25) is 0 Å². The number of nitrogens with one attached hydrogen (secondary N) is 1. The largest absolute Gasteiger partial charge is 0.451 e. The van der Waals surface area contributed by atoms with Crippen LogP contribution in [0.3, 0.4) is 0 Å². The lowest BCUT2D eigenvalue weighted by atomic mass is 10.3. The van der Waals surface area contributed by atoms with Crippen molar-refractivity contribution in [3.05, 3.63) is 35.1 Å². The third kappa shape index (κ3) is 4.63. The van der Waals surface area contributed by atoms with Crippen molar-refractivity contribution >= 4 is 33.5 Å². The molecule has 110 valence electrons. The van der Waals surface area contributed by atoms with Crippen molar-refractivity contribution in [3.63, 3.8) is 0 Å². The number of rotatable bonds is 5. The maximum atomic E-state index is 11.9. The Hall–Kier alpha value is -2.29. The summed E-state index contributed by atoms with van der Waals surface area (Å²) in [5.74, 6) is -1.02. The molecule has 9 heteroatoms. The van der Waals surface area contributed by atoms with E-state index in [1.54, 1.807) is 18.2 Å². The first-order valence-corrected chi connectivity index (χ1v) is 6.80. The van der Waals surface area contributed by atoms with Gasteiger partial charge < -0.3 is 10.1 Å². The van der Waals surface area contributed by atoms with Crippen LogP contribution in [0.1, 0.15) is 6.92 Å². The summed E-state index contributed by atoms with van der Waals surface area (Å²) < 4.78 is 7.06. The minimum atomic E-state index is -0.923. The number of hydrogen-bond donors (Lipinski definition) is 1. The number of nitrogens with zero attached hydrogens (tertiary/aromatic N) is 4. The molecule has 8 nitrogen and oxygen atoms in total. The molecule has 0 spiro atoms. The Morgan fingerprint density at radius 2 is 2.29 bits per heavy atom. The third-order valence-corrected chi connectivity index (χ3v) is 2.95. The SMILES string of the molecule is C[C@@H](OC(=O)Cn1cnnn1)C(=O)Nc1cccc(Br)c1. The van der Waals surface area contributed by atoms with E-state index in [1.165, 1.54) is 17.9 Å². The van der Waals surface area contributed by atoms with Crippen LogP contribution >= 0.6 is 15.9 Å². The molecule has 0 aliphatic carbocycles. The van der Waals surface area contributed by atoms with Crippen LogP contribution in [-0.4, -0.2) is 38.2 Å². The fourth-order valence-electron chi connectivity index (χ4n) is 1.48. The predicted octanol–water partition coefficient (Wildman–Crippen LogP) is 1.01. The highest BCUT2D eigenvalue weighted by molar-refractivity contribution is 9.10. The Kier molecular flexibility index (Phi) is 4.99. The number of tetrazole rings is 1. The van der Waals surface area contributed by atoms with E-state index < -0.39 is 18.0 Å². The average molecular weight is 354 g/mol. The van der Waals surface area contributed by atoms with Crippen LogP contribution in [0.15, 0.2) is 35.1 Å². The highest BCUT2D eigenvalue weighted by atomic mass is 79.9. The number of esters is 1. The molecule has 0 saturated carbocycles. The van der Waals surface area contributed by atoms with Crippen molar-refractivity contribution in [2.24, 2.45) is 0 Å². The first-order valence-electron chi connectivity index (χ1n) is 6.01. The van der Waals surface area contributed by atoms with Gasteiger partial charge in [-0.1, -0.05) is 22.0 Å². The highest BCUT2D eigenvalue weighted by Gasteiger charge is 2.18. The molecule has 1 N–H and O–H groups in total. The van der Waals surface area contributed by atoms with Crippen LogP contribution in [0, 0.1) is 0 Å². The summed E-state index contributed by atoms with van der Waals surface area (Å²) in [6.45, 7) is 1.34. The summed E-state index contributed by atoms with van der Waals surface area (Å²) in [6.07, 6.45) is 0.362. The standard InChI is InChI=1S/C12H12BrN5O3/c1-8(21-11(19)6-18-7-14-16-17-18)12(20)15-10-4-2-3-9(13)5-10/h2-5,7-8H,6H2,1H3,(H,15,20)/t8-/m1/s1. The number of carbonyl (C=O) groups excluding carboxylic acids is 2. The second kappa shape index (κ2) is 6.93. The number of hydrogen-bond acceptors (Lipinski definition) is 6. The van der Waals surface area contributed by atoms with Gasteiger partial charge in [-0.15, -0.1) is 5.10 Å². The van der Waals surface area contributed by atoms with Crippen molar-refractivity contribution in [3.8, 4) is 0 Å². The quantitative estimate of drug-likeness (QED) is 0.805. The first-order chi connectivity index (χ1) is 10.0.